The van der Waals surface area contributed by atoms with E-state index in [-0.39, 0.29) is 29.2 Å². The smallest absolute Gasteiger partial charge is 0.274 e. The van der Waals surface area contributed by atoms with Crippen molar-refractivity contribution in [3.05, 3.63) is 46.8 Å². The minimum Gasteiger partial charge on any atom is -0.349 e. The van der Waals surface area contributed by atoms with Gasteiger partial charge in [0.2, 0.25) is 0 Å². The highest BCUT2D eigenvalue weighted by Gasteiger charge is 2.32. The average Bonchev–Trinajstić information content (AvgIpc) is 3.12. The van der Waals surface area contributed by atoms with Crippen LogP contribution in [-0.4, -0.2) is 57.4 Å². The molecule has 0 radical (unpaired) electrons. The molecule has 8 heteroatoms. The standard InChI is InChI=1S/C21H28N6O2/c1-14(2)11-17-13-27-19(21(29)23-17)18(24-25-27)20(28)22-8-10-26-9-7-15-5-3-4-6-16(15)12-26/h3-6,14,17H,7-13H2,1-2H3,(H,22,28)(H,23,29)/t17-/m0/s1. The van der Waals surface area contributed by atoms with E-state index in [1.54, 1.807) is 4.68 Å². The summed E-state index contributed by atoms with van der Waals surface area (Å²) in [5, 5.41) is 13.9. The first-order valence-corrected chi connectivity index (χ1v) is 10.3. The van der Waals surface area contributed by atoms with Crippen molar-refractivity contribution in [3.63, 3.8) is 0 Å². The Morgan fingerprint density at radius 2 is 2.10 bits per heavy atom. The van der Waals surface area contributed by atoms with E-state index in [1.165, 1.54) is 11.1 Å². The summed E-state index contributed by atoms with van der Waals surface area (Å²) in [5.41, 5.74) is 3.12. The largest absolute Gasteiger partial charge is 0.349 e. The van der Waals surface area contributed by atoms with Crippen molar-refractivity contribution in [1.82, 2.24) is 30.5 Å². The molecule has 3 heterocycles. The molecule has 1 atom stereocenters. The molecule has 4 rings (SSSR count). The normalized spacial score (nSPS) is 18.9. The third kappa shape index (κ3) is 4.32. The van der Waals surface area contributed by atoms with Crippen LogP contribution in [0.15, 0.2) is 24.3 Å². The summed E-state index contributed by atoms with van der Waals surface area (Å²) in [6.07, 6.45) is 1.89. The molecule has 29 heavy (non-hydrogen) atoms. The van der Waals surface area contributed by atoms with Crippen molar-refractivity contribution in [1.29, 1.82) is 0 Å². The molecular formula is C21H28N6O2. The molecule has 2 amide bonds. The summed E-state index contributed by atoms with van der Waals surface area (Å²) < 4.78 is 1.56. The maximum absolute atomic E-state index is 12.6. The number of hydrogen-bond donors (Lipinski definition) is 2. The number of benzene rings is 1. The van der Waals surface area contributed by atoms with Gasteiger partial charge in [0.1, 0.15) is 0 Å². The van der Waals surface area contributed by atoms with E-state index in [4.69, 9.17) is 0 Å². The molecule has 0 saturated heterocycles. The summed E-state index contributed by atoms with van der Waals surface area (Å²) in [4.78, 5) is 27.4. The van der Waals surface area contributed by atoms with E-state index in [2.05, 4.69) is 64.0 Å². The molecule has 2 aliphatic heterocycles. The molecule has 0 saturated carbocycles. The van der Waals surface area contributed by atoms with E-state index in [1.807, 2.05) is 0 Å². The molecule has 2 N–H and O–H groups in total. The zero-order valence-corrected chi connectivity index (χ0v) is 17.0. The van der Waals surface area contributed by atoms with Crippen molar-refractivity contribution in [2.45, 2.75) is 45.8 Å². The van der Waals surface area contributed by atoms with E-state index in [0.29, 0.717) is 19.0 Å². The van der Waals surface area contributed by atoms with Gasteiger partial charge in [-0.15, -0.1) is 5.10 Å². The first kappa shape index (κ1) is 19.6. The number of carbonyl (C=O) groups is 2. The van der Waals surface area contributed by atoms with Gasteiger partial charge in [-0.25, -0.2) is 4.68 Å². The molecule has 0 fully saturated rings. The number of fused-ring (bicyclic) bond motifs is 2. The Hall–Kier alpha value is -2.74. The second kappa shape index (κ2) is 8.32. The Morgan fingerprint density at radius 1 is 1.31 bits per heavy atom. The van der Waals surface area contributed by atoms with Crippen LogP contribution in [0.5, 0.6) is 0 Å². The maximum atomic E-state index is 12.6. The SMILES string of the molecule is CC(C)C[C@H]1Cn2nnc(C(=O)NCCN3CCc4ccccc4C3)c2C(=O)N1. The van der Waals surface area contributed by atoms with Gasteiger partial charge in [0, 0.05) is 32.2 Å². The summed E-state index contributed by atoms with van der Waals surface area (Å²) in [7, 11) is 0. The molecule has 2 aliphatic rings. The van der Waals surface area contributed by atoms with Crippen LogP contribution in [0.2, 0.25) is 0 Å². The summed E-state index contributed by atoms with van der Waals surface area (Å²) in [5.74, 6) is -0.152. The minimum absolute atomic E-state index is 0.0228. The number of amides is 2. The predicted molar refractivity (Wildman–Crippen MR) is 108 cm³/mol. The Labute approximate surface area is 170 Å². The molecule has 0 spiro atoms. The van der Waals surface area contributed by atoms with Crippen molar-refractivity contribution in [3.8, 4) is 0 Å². The zero-order chi connectivity index (χ0) is 20.4. The van der Waals surface area contributed by atoms with Crippen LogP contribution in [-0.2, 0) is 19.5 Å². The van der Waals surface area contributed by atoms with Crippen LogP contribution in [0.25, 0.3) is 0 Å². The van der Waals surface area contributed by atoms with E-state index < -0.39 is 0 Å². The average molecular weight is 396 g/mol. The summed E-state index contributed by atoms with van der Waals surface area (Å²) >= 11 is 0. The van der Waals surface area contributed by atoms with Crippen LogP contribution in [0, 0.1) is 5.92 Å². The topological polar surface area (TPSA) is 92.2 Å². The van der Waals surface area contributed by atoms with Crippen molar-refractivity contribution in [2.75, 3.05) is 19.6 Å². The summed E-state index contributed by atoms with van der Waals surface area (Å²) in [6.45, 7) is 7.91. The molecule has 2 aromatic rings. The summed E-state index contributed by atoms with van der Waals surface area (Å²) in [6, 6.07) is 8.51. The quantitative estimate of drug-likeness (QED) is 0.766. The maximum Gasteiger partial charge on any atom is 0.274 e. The van der Waals surface area contributed by atoms with Crippen LogP contribution in [0.3, 0.4) is 0 Å². The van der Waals surface area contributed by atoms with E-state index in [9.17, 15) is 9.59 Å². The molecular weight excluding hydrogens is 368 g/mol. The highest BCUT2D eigenvalue weighted by atomic mass is 16.2. The fourth-order valence-electron chi connectivity index (χ4n) is 4.19. The number of nitrogens with one attached hydrogen (secondary N) is 2. The van der Waals surface area contributed by atoms with Gasteiger partial charge in [-0.1, -0.05) is 43.3 Å². The van der Waals surface area contributed by atoms with Gasteiger partial charge < -0.3 is 10.6 Å². The van der Waals surface area contributed by atoms with Gasteiger partial charge in [0.15, 0.2) is 11.4 Å². The lowest BCUT2D eigenvalue weighted by atomic mass is 10.00. The van der Waals surface area contributed by atoms with Crippen molar-refractivity contribution >= 4 is 11.8 Å². The highest BCUT2D eigenvalue weighted by Crippen LogP contribution is 2.18. The Kier molecular flexibility index (Phi) is 5.62. The van der Waals surface area contributed by atoms with Crippen LogP contribution in [0.1, 0.15) is 52.4 Å². The van der Waals surface area contributed by atoms with Crippen LogP contribution < -0.4 is 10.6 Å². The highest BCUT2D eigenvalue weighted by molar-refractivity contribution is 6.05. The number of rotatable bonds is 6. The molecule has 0 bridgehead atoms. The second-order valence-electron chi connectivity index (χ2n) is 8.32. The third-order valence-corrected chi connectivity index (χ3v) is 5.57. The van der Waals surface area contributed by atoms with E-state index in [0.717, 1.165) is 32.5 Å². The van der Waals surface area contributed by atoms with E-state index >= 15 is 0 Å². The number of nitrogens with zero attached hydrogens (tertiary/aromatic N) is 4. The van der Waals surface area contributed by atoms with Gasteiger partial charge in [-0.2, -0.15) is 0 Å². The lowest BCUT2D eigenvalue weighted by Gasteiger charge is -2.28. The van der Waals surface area contributed by atoms with Crippen LogP contribution in [0.4, 0.5) is 0 Å². The Bertz CT molecular complexity index is 906. The van der Waals surface area contributed by atoms with Crippen molar-refractivity contribution in [2.24, 2.45) is 5.92 Å². The lowest BCUT2D eigenvalue weighted by molar-refractivity contribution is 0.0869. The zero-order valence-electron chi connectivity index (χ0n) is 17.0. The van der Waals surface area contributed by atoms with Gasteiger partial charge in [0.25, 0.3) is 11.8 Å². The fraction of sp³-hybridized carbons (Fsp3) is 0.524. The third-order valence-electron chi connectivity index (χ3n) is 5.57. The molecule has 8 nitrogen and oxygen atoms in total. The fourth-order valence-corrected chi connectivity index (χ4v) is 4.19. The minimum atomic E-state index is -0.346. The first-order valence-electron chi connectivity index (χ1n) is 10.3. The lowest BCUT2D eigenvalue weighted by Crippen LogP contribution is -2.46. The van der Waals surface area contributed by atoms with Gasteiger partial charge in [-0.05, 0) is 29.9 Å². The number of carbonyl (C=O) groups excluding carboxylic acids is 2. The Balaban J connectivity index is 1.32. The molecule has 1 aromatic carbocycles. The van der Waals surface area contributed by atoms with Gasteiger partial charge >= 0.3 is 0 Å². The molecule has 0 unspecified atom stereocenters. The van der Waals surface area contributed by atoms with Gasteiger partial charge in [0.05, 0.1) is 6.54 Å². The molecule has 0 aliphatic carbocycles. The predicted octanol–water partition coefficient (Wildman–Crippen LogP) is 1.22. The molecule has 154 valence electrons. The van der Waals surface area contributed by atoms with Gasteiger partial charge in [-0.3, -0.25) is 14.5 Å². The second-order valence-corrected chi connectivity index (χ2v) is 8.32. The number of aromatic nitrogens is 3. The Morgan fingerprint density at radius 3 is 2.90 bits per heavy atom. The van der Waals surface area contributed by atoms with Crippen LogP contribution >= 0.6 is 0 Å². The van der Waals surface area contributed by atoms with Crippen molar-refractivity contribution < 1.29 is 9.59 Å². The molecule has 1 aromatic heterocycles. The first-order chi connectivity index (χ1) is 14.0. The monoisotopic (exact) mass is 396 g/mol. The number of hydrogen-bond acceptors (Lipinski definition) is 5.